The summed E-state index contributed by atoms with van der Waals surface area (Å²) >= 11 is 13.6. The van der Waals surface area contributed by atoms with Crippen LogP contribution in [0.4, 0.5) is 10.7 Å². The van der Waals surface area contributed by atoms with Crippen molar-refractivity contribution in [3.8, 4) is 27.4 Å². The van der Waals surface area contributed by atoms with Crippen LogP contribution in [0.3, 0.4) is 0 Å². The number of nitrogens with one attached hydrogen (secondary N) is 2. The first-order valence-electron chi connectivity index (χ1n) is 9.65. The molecular formula is C21H19Cl2N5O3S. The molecule has 0 spiro atoms. The predicted molar refractivity (Wildman–Crippen MR) is 125 cm³/mol. The van der Waals surface area contributed by atoms with Crippen molar-refractivity contribution in [2.75, 3.05) is 18.4 Å². The molecule has 0 saturated carbocycles. The van der Waals surface area contributed by atoms with E-state index in [0.29, 0.717) is 33.1 Å². The molecule has 0 atom stereocenters. The molecule has 2 aromatic heterocycles. The molecule has 1 saturated heterocycles. The quantitative estimate of drug-likeness (QED) is 0.434. The largest absolute Gasteiger partial charge is 0.508 e. The van der Waals surface area contributed by atoms with E-state index in [2.05, 4.69) is 20.6 Å². The highest BCUT2D eigenvalue weighted by molar-refractivity contribution is 7.20. The summed E-state index contributed by atoms with van der Waals surface area (Å²) in [5.74, 6) is 0.134. The van der Waals surface area contributed by atoms with Gasteiger partial charge in [-0.15, -0.1) is 11.3 Å². The maximum absolute atomic E-state index is 12.0. The molecule has 0 radical (unpaired) electrons. The van der Waals surface area contributed by atoms with E-state index in [1.165, 1.54) is 16.2 Å². The minimum Gasteiger partial charge on any atom is -0.508 e. The fraction of sp³-hybridized carbons (Fsp3) is 0.238. The zero-order valence-corrected chi connectivity index (χ0v) is 19.5. The van der Waals surface area contributed by atoms with Crippen LogP contribution in [0.15, 0.2) is 36.5 Å². The maximum Gasteiger partial charge on any atom is 0.325 e. The number of phenolic OH excluding ortho intramolecular Hbond substituents is 1. The number of carbonyl (C=O) groups is 2. The lowest BCUT2D eigenvalue weighted by Gasteiger charge is -2.27. The zero-order valence-electron chi connectivity index (χ0n) is 17.1. The smallest absolute Gasteiger partial charge is 0.325 e. The first-order valence-corrected chi connectivity index (χ1v) is 11.2. The van der Waals surface area contributed by atoms with Gasteiger partial charge in [-0.3, -0.25) is 10.1 Å². The van der Waals surface area contributed by atoms with E-state index in [1.807, 2.05) is 6.07 Å². The van der Waals surface area contributed by atoms with Crippen LogP contribution in [-0.2, 0) is 4.79 Å². The summed E-state index contributed by atoms with van der Waals surface area (Å²) in [5.41, 5.74) is 1.11. The van der Waals surface area contributed by atoms with Crippen LogP contribution in [0.25, 0.3) is 21.7 Å². The monoisotopic (exact) mass is 491 g/mol. The minimum atomic E-state index is -0.922. The number of rotatable bonds is 6. The van der Waals surface area contributed by atoms with Crippen molar-refractivity contribution >= 4 is 52.4 Å². The van der Waals surface area contributed by atoms with Crippen LogP contribution in [0.2, 0.25) is 9.36 Å². The van der Waals surface area contributed by atoms with Crippen molar-refractivity contribution in [2.45, 2.75) is 19.4 Å². The van der Waals surface area contributed by atoms with Gasteiger partial charge in [0.1, 0.15) is 15.6 Å². The standard InChI is InChI=1S/C21H19Cl2N5O3S/c1-21(2)18(30)27-20(31)28(21)7-6-24-19-25-10-13(11-4-3-5-12(29)8-11)16(26-19)15-9-14(22)17(23)32-15/h3-5,8-10,29H,6-7H2,1-2H3,(H,24,25,26)(H,27,30,31). The van der Waals surface area contributed by atoms with Gasteiger partial charge in [0.2, 0.25) is 5.95 Å². The SMILES string of the molecule is CC1(C)C(=O)NC(=O)N1CCNc1ncc(-c2cccc(O)c2)c(-c2cc(Cl)c(Cl)s2)n1. The molecule has 4 rings (SSSR count). The summed E-state index contributed by atoms with van der Waals surface area (Å²) in [6.45, 7) is 4.00. The van der Waals surface area contributed by atoms with Crippen LogP contribution in [0.1, 0.15) is 13.8 Å². The maximum atomic E-state index is 12.0. The summed E-state index contributed by atoms with van der Waals surface area (Å²) in [4.78, 5) is 35.2. The summed E-state index contributed by atoms with van der Waals surface area (Å²) in [5, 5.41) is 15.7. The molecule has 3 N–H and O–H groups in total. The van der Waals surface area contributed by atoms with Crippen molar-refractivity contribution < 1.29 is 14.7 Å². The van der Waals surface area contributed by atoms with Crippen molar-refractivity contribution in [1.82, 2.24) is 20.2 Å². The Bertz CT molecular complexity index is 1190. The van der Waals surface area contributed by atoms with Gasteiger partial charge >= 0.3 is 6.03 Å². The number of halogens is 2. The van der Waals surface area contributed by atoms with E-state index in [0.717, 1.165) is 10.4 Å². The molecule has 3 heterocycles. The number of amides is 3. The predicted octanol–water partition coefficient (Wildman–Crippen LogP) is 4.63. The number of urea groups is 1. The Hall–Kier alpha value is -2.88. The summed E-state index contributed by atoms with van der Waals surface area (Å²) in [6.07, 6.45) is 1.65. The number of anilines is 1. The van der Waals surface area contributed by atoms with E-state index in [1.54, 1.807) is 44.3 Å². The van der Waals surface area contributed by atoms with Crippen LogP contribution < -0.4 is 10.6 Å². The van der Waals surface area contributed by atoms with E-state index < -0.39 is 11.6 Å². The molecule has 32 heavy (non-hydrogen) atoms. The Kier molecular flexibility index (Phi) is 5.98. The lowest BCUT2D eigenvalue weighted by molar-refractivity contribution is -0.125. The number of aromatic hydroxyl groups is 1. The highest BCUT2D eigenvalue weighted by Gasteiger charge is 2.45. The molecule has 1 aliphatic heterocycles. The van der Waals surface area contributed by atoms with Gasteiger partial charge in [-0.25, -0.2) is 14.8 Å². The second-order valence-corrected chi connectivity index (χ2v) is 9.70. The van der Waals surface area contributed by atoms with Crippen LogP contribution in [-0.4, -0.2) is 50.5 Å². The molecule has 8 nitrogen and oxygen atoms in total. The first kappa shape index (κ1) is 22.3. The average Bonchev–Trinajstić information content (AvgIpc) is 3.17. The Balaban J connectivity index is 1.61. The Labute approximate surface area is 198 Å². The first-order chi connectivity index (χ1) is 15.2. The molecule has 0 bridgehead atoms. The van der Waals surface area contributed by atoms with E-state index in [9.17, 15) is 14.7 Å². The van der Waals surface area contributed by atoms with Crippen LogP contribution in [0, 0.1) is 0 Å². The second kappa shape index (κ2) is 8.57. The number of hydrogen-bond donors (Lipinski definition) is 3. The average molecular weight is 492 g/mol. The summed E-state index contributed by atoms with van der Waals surface area (Å²) < 4.78 is 0.448. The minimum absolute atomic E-state index is 0.124. The normalized spacial score (nSPS) is 15.2. The number of carbonyl (C=O) groups excluding carboxylic acids is 2. The lowest BCUT2D eigenvalue weighted by Crippen LogP contribution is -2.46. The zero-order chi connectivity index (χ0) is 23.0. The number of aromatic nitrogens is 2. The molecule has 11 heteroatoms. The van der Waals surface area contributed by atoms with Gasteiger partial charge in [-0.2, -0.15) is 0 Å². The van der Waals surface area contributed by atoms with Crippen molar-refractivity contribution in [3.05, 3.63) is 45.9 Å². The van der Waals surface area contributed by atoms with Crippen LogP contribution >= 0.6 is 34.5 Å². The van der Waals surface area contributed by atoms with Gasteiger partial charge in [0.05, 0.1) is 15.6 Å². The molecule has 1 aliphatic rings. The second-order valence-electron chi connectivity index (χ2n) is 7.64. The molecule has 1 aromatic carbocycles. The van der Waals surface area contributed by atoms with Crippen molar-refractivity contribution in [2.24, 2.45) is 0 Å². The van der Waals surface area contributed by atoms with Gasteiger partial charge in [0.25, 0.3) is 5.91 Å². The molecule has 3 amide bonds. The van der Waals surface area contributed by atoms with Crippen LogP contribution in [0.5, 0.6) is 5.75 Å². The highest BCUT2D eigenvalue weighted by atomic mass is 35.5. The van der Waals surface area contributed by atoms with E-state index in [-0.39, 0.29) is 18.2 Å². The van der Waals surface area contributed by atoms with Gasteiger partial charge in [-0.05, 0) is 37.6 Å². The Morgan fingerprint density at radius 2 is 2.03 bits per heavy atom. The van der Waals surface area contributed by atoms with Crippen molar-refractivity contribution in [3.63, 3.8) is 0 Å². The van der Waals surface area contributed by atoms with Crippen molar-refractivity contribution in [1.29, 1.82) is 0 Å². The van der Waals surface area contributed by atoms with Gasteiger partial charge < -0.3 is 15.3 Å². The molecule has 166 valence electrons. The lowest BCUT2D eigenvalue weighted by atomic mass is 10.0. The number of benzene rings is 1. The van der Waals surface area contributed by atoms with Gasteiger partial charge in [-0.1, -0.05) is 35.3 Å². The fourth-order valence-corrected chi connectivity index (χ4v) is 4.73. The third-order valence-corrected chi connectivity index (χ3v) is 7.01. The molecule has 1 fully saturated rings. The number of imide groups is 1. The number of hydrogen-bond acceptors (Lipinski definition) is 7. The fourth-order valence-electron chi connectivity index (χ4n) is 3.36. The Morgan fingerprint density at radius 1 is 1.25 bits per heavy atom. The van der Waals surface area contributed by atoms with Gasteiger partial charge in [0.15, 0.2) is 0 Å². The third-order valence-electron chi connectivity index (χ3n) is 5.14. The molecule has 0 aliphatic carbocycles. The molecule has 0 unspecified atom stereocenters. The molecular weight excluding hydrogens is 473 g/mol. The van der Waals surface area contributed by atoms with E-state index >= 15 is 0 Å². The third kappa shape index (κ3) is 4.23. The number of nitrogens with zero attached hydrogens (tertiary/aromatic N) is 3. The molecule has 3 aromatic rings. The highest BCUT2D eigenvalue weighted by Crippen LogP contribution is 2.41. The topological polar surface area (TPSA) is 107 Å². The summed E-state index contributed by atoms with van der Waals surface area (Å²) in [7, 11) is 0. The van der Waals surface area contributed by atoms with Gasteiger partial charge in [0, 0.05) is 24.8 Å². The summed E-state index contributed by atoms with van der Waals surface area (Å²) in [6, 6.07) is 8.09. The van der Waals surface area contributed by atoms with E-state index in [4.69, 9.17) is 23.2 Å². The number of phenols is 1. The number of thiophene rings is 1. The Morgan fingerprint density at radius 3 is 2.66 bits per heavy atom.